The number of nitrogens with one attached hydrogen (secondary N) is 2. The molecule has 3 amide bonds. The molecule has 38 heavy (non-hydrogen) atoms. The van der Waals surface area contributed by atoms with Crippen LogP contribution in [0.5, 0.6) is 0 Å². The number of aromatic nitrogens is 1. The Morgan fingerprint density at radius 3 is 2.39 bits per heavy atom. The van der Waals surface area contributed by atoms with E-state index in [9.17, 15) is 9.59 Å². The molecule has 4 aromatic rings. The maximum absolute atomic E-state index is 13.7. The van der Waals surface area contributed by atoms with Gasteiger partial charge in [0.1, 0.15) is 6.54 Å². The van der Waals surface area contributed by atoms with Gasteiger partial charge in [-0.05, 0) is 41.7 Å². The number of aromatic amines is 1. The summed E-state index contributed by atoms with van der Waals surface area (Å²) in [6.07, 6.45) is 3.52. The van der Waals surface area contributed by atoms with Crippen molar-refractivity contribution in [2.45, 2.75) is 26.3 Å². The van der Waals surface area contributed by atoms with Gasteiger partial charge in [-0.2, -0.15) is 0 Å². The SMILES string of the molecule is CCc1ccccc1NC(=O)N(CCOC)CC(=O)N(CCc1c[nH]c2ccccc12)Cc1ccccc1. The number of nitrogens with zero attached hydrogens (tertiary/aromatic N) is 2. The number of anilines is 1. The molecule has 1 heterocycles. The van der Waals surface area contributed by atoms with Crippen molar-refractivity contribution in [2.75, 3.05) is 38.7 Å². The molecule has 0 aliphatic carbocycles. The fraction of sp³-hybridized carbons (Fsp3) is 0.290. The van der Waals surface area contributed by atoms with Gasteiger partial charge in [-0.1, -0.05) is 73.7 Å². The number of benzene rings is 3. The van der Waals surface area contributed by atoms with E-state index in [0.29, 0.717) is 32.7 Å². The van der Waals surface area contributed by atoms with Gasteiger partial charge in [0, 0.05) is 49.5 Å². The number of urea groups is 1. The largest absolute Gasteiger partial charge is 0.383 e. The molecule has 7 nitrogen and oxygen atoms in total. The topological polar surface area (TPSA) is 77.7 Å². The third kappa shape index (κ3) is 7.01. The minimum absolute atomic E-state index is 0.0375. The number of hydrogen-bond acceptors (Lipinski definition) is 3. The van der Waals surface area contributed by atoms with Crippen LogP contribution in [0.4, 0.5) is 10.5 Å². The highest BCUT2D eigenvalue weighted by molar-refractivity contribution is 5.93. The Balaban J connectivity index is 1.50. The van der Waals surface area contributed by atoms with E-state index in [4.69, 9.17) is 4.74 Å². The van der Waals surface area contributed by atoms with Gasteiger partial charge in [0.2, 0.25) is 5.91 Å². The molecule has 198 valence electrons. The number of methoxy groups -OCH3 is 1. The Hall–Kier alpha value is -4.10. The van der Waals surface area contributed by atoms with E-state index in [1.165, 1.54) is 4.90 Å². The second-order valence-corrected chi connectivity index (χ2v) is 9.27. The van der Waals surface area contributed by atoms with Crippen molar-refractivity contribution >= 4 is 28.5 Å². The molecule has 0 radical (unpaired) electrons. The summed E-state index contributed by atoms with van der Waals surface area (Å²) in [7, 11) is 1.59. The number of rotatable bonds is 12. The molecule has 0 fully saturated rings. The average Bonchev–Trinajstić information content (AvgIpc) is 3.37. The van der Waals surface area contributed by atoms with E-state index < -0.39 is 0 Å². The molecular formula is C31H36N4O3. The quantitative estimate of drug-likeness (QED) is 0.264. The Bertz CT molecular complexity index is 1340. The van der Waals surface area contributed by atoms with Crippen LogP contribution in [0.2, 0.25) is 0 Å². The number of para-hydroxylation sites is 2. The second-order valence-electron chi connectivity index (χ2n) is 9.27. The first kappa shape index (κ1) is 26.9. The summed E-state index contributed by atoms with van der Waals surface area (Å²) in [6, 6.07) is 25.5. The van der Waals surface area contributed by atoms with Gasteiger partial charge in [0.05, 0.1) is 6.61 Å². The third-order valence-corrected chi connectivity index (χ3v) is 6.71. The van der Waals surface area contributed by atoms with Gasteiger partial charge in [0.25, 0.3) is 0 Å². The van der Waals surface area contributed by atoms with Crippen molar-refractivity contribution in [3.63, 3.8) is 0 Å². The summed E-state index contributed by atoms with van der Waals surface area (Å²) < 4.78 is 5.24. The molecule has 2 N–H and O–H groups in total. The Labute approximate surface area is 224 Å². The maximum Gasteiger partial charge on any atom is 0.322 e. The fourth-order valence-electron chi connectivity index (χ4n) is 4.55. The molecule has 0 spiro atoms. The van der Waals surface area contributed by atoms with Crippen molar-refractivity contribution in [3.8, 4) is 0 Å². The van der Waals surface area contributed by atoms with Crippen LogP contribution in [-0.4, -0.2) is 60.1 Å². The van der Waals surface area contributed by atoms with E-state index >= 15 is 0 Å². The number of ether oxygens (including phenoxy) is 1. The monoisotopic (exact) mass is 512 g/mol. The Morgan fingerprint density at radius 1 is 0.868 bits per heavy atom. The molecule has 0 saturated carbocycles. The molecule has 0 aliphatic heterocycles. The van der Waals surface area contributed by atoms with Gasteiger partial charge in [-0.15, -0.1) is 0 Å². The molecule has 0 bridgehead atoms. The van der Waals surface area contributed by atoms with Crippen LogP contribution >= 0.6 is 0 Å². The lowest BCUT2D eigenvalue weighted by molar-refractivity contribution is -0.132. The van der Waals surface area contributed by atoms with E-state index in [1.807, 2.05) is 84.8 Å². The van der Waals surface area contributed by atoms with Gasteiger partial charge >= 0.3 is 6.03 Å². The predicted molar refractivity (Wildman–Crippen MR) is 152 cm³/mol. The van der Waals surface area contributed by atoms with Crippen molar-refractivity contribution in [3.05, 3.63) is 102 Å². The first-order valence-corrected chi connectivity index (χ1v) is 13.1. The molecule has 3 aromatic carbocycles. The summed E-state index contributed by atoms with van der Waals surface area (Å²) in [5.74, 6) is -0.108. The standard InChI is InChI=1S/C31H36N4O3/c1-3-25-13-7-9-15-28(25)33-31(37)35(19-20-38-2)23-30(36)34(22-24-11-5-4-6-12-24)18-17-26-21-32-29-16-10-8-14-27(26)29/h4-16,21,32H,3,17-20,22-23H2,1-2H3,(H,33,37). The minimum atomic E-state index is -0.312. The number of fused-ring (bicyclic) bond motifs is 1. The van der Waals surface area contributed by atoms with Crippen LogP contribution in [-0.2, 0) is 28.9 Å². The zero-order chi connectivity index (χ0) is 26.7. The molecule has 0 unspecified atom stereocenters. The average molecular weight is 513 g/mol. The van der Waals surface area contributed by atoms with Crippen LogP contribution in [0.3, 0.4) is 0 Å². The van der Waals surface area contributed by atoms with E-state index in [1.54, 1.807) is 7.11 Å². The summed E-state index contributed by atoms with van der Waals surface area (Å²) >= 11 is 0. The van der Waals surface area contributed by atoms with Crippen molar-refractivity contribution in [1.82, 2.24) is 14.8 Å². The smallest absolute Gasteiger partial charge is 0.322 e. The zero-order valence-corrected chi connectivity index (χ0v) is 22.2. The minimum Gasteiger partial charge on any atom is -0.383 e. The Kier molecular flexibility index (Phi) is 9.54. The second kappa shape index (κ2) is 13.4. The number of H-pyrrole nitrogens is 1. The van der Waals surface area contributed by atoms with Gasteiger partial charge in [-0.25, -0.2) is 4.79 Å². The normalized spacial score (nSPS) is 10.9. The Morgan fingerprint density at radius 2 is 1.61 bits per heavy atom. The molecule has 4 rings (SSSR count). The molecular weight excluding hydrogens is 476 g/mol. The highest BCUT2D eigenvalue weighted by atomic mass is 16.5. The van der Waals surface area contributed by atoms with Crippen LogP contribution in [0, 0.1) is 0 Å². The first-order valence-electron chi connectivity index (χ1n) is 13.1. The molecule has 7 heteroatoms. The van der Waals surface area contributed by atoms with E-state index in [-0.39, 0.29) is 18.5 Å². The number of aryl methyl sites for hydroxylation is 1. The lowest BCUT2D eigenvalue weighted by Crippen LogP contribution is -2.46. The van der Waals surface area contributed by atoms with Crippen LogP contribution < -0.4 is 5.32 Å². The molecule has 0 atom stereocenters. The number of amides is 3. The van der Waals surface area contributed by atoms with E-state index in [0.717, 1.165) is 39.7 Å². The number of carbonyl (C=O) groups excluding carboxylic acids is 2. The first-order chi connectivity index (χ1) is 18.6. The van der Waals surface area contributed by atoms with Crippen LogP contribution in [0.25, 0.3) is 10.9 Å². The summed E-state index contributed by atoms with van der Waals surface area (Å²) in [6.45, 7) is 3.67. The zero-order valence-electron chi connectivity index (χ0n) is 22.2. The van der Waals surface area contributed by atoms with Gasteiger partial charge in [-0.3, -0.25) is 4.79 Å². The number of carbonyl (C=O) groups is 2. The molecule has 0 saturated heterocycles. The van der Waals surface area contributed by atoms with Crippen molar-refractivity contribution in [1.29, 1.82) is 0 Å². The van der Waals surface area contributed by atoms with Crippen molar-refractivity contribution in [2.24, 2.45) is 0 Å². The lowest BCUT2D eigenvalue weighted by atomic mass is 10.1. The predicted octanol–water partition coefficient (Wildman–Crippen LogP) is 5.48. The molecule has 0 aliphatic rings. The summed E-state index contributed by atoms with van der Waals surface area (Å²) in [5.41, 5.74) is 5.10. The summed E-state index contributed by atoms with van der Waals surface area (Å²) in [5, 5.41) is 4.16. The lowest BCUT2D eigenvalue weighted by Gasteiger charge is -2.28. The van der Waals surface area contributed by atoms with Crippen LogP contribution in [0.1, 0.15) is 23.6 Å². The summed E-state index contributed by atoms with van der Waals surface area (Å²) in [4.78, 5) is 33.6. The third-order valence-electron chi connectivity index (χ3n) is 6.71. The maximum atomic E-state index is 13.7. The van der Waals surface area contributed by atoms with E-state index in [2.05, 4.69) is 22.4 Å². The highest BCUT2D eigenvalue weighted by Crippen LogP contribution is 2.19. The molecule has 1 aromatic heterocycles. The van der Waals surface area contributed by atoms with Gasteiger partial charge < -0.3 is 24.8 Å². The highest BCUT2D eigenvalue weighted by Gasteiger charge is 2.22. The van der Waals surface area contributed by atoms with Gasteiger partial charge in [0.15, 0.2) is 0 Å². The van der Waals surface area contributed by atoms with Crippen LogP contribution in [0.15, 0.2) is 85.1 Å². The fourth-order valence-corrected chi connectivity index (χ4v) is 4.55. The number of hydrogen-bond donors (Lipinski definition) is 2. The van der Waals surface area contributed by atoms with Crippen molar-refractivity contribution < 1.29 is 14.3 Å².